The van der Waals surface area contributed by atoms with Gasteiger partial charge in [-0.3, -0.25) is 4.79 Å². The van der Waals surface area contributed by atoms with E-state index in [-0.39, 0.29) is 30.6 Å². The summed E-state index contributed by atoms with van der Waals surface area (Å²) in [5.41, 5.74) is 0.817. The molecule has 0 heterocycles. The van der Waals surface area contributed by atoms with Gasteiger partial charge in [0.25, 0.3) is 0 Å². The fourth-order valence-corrected chi connectivity index (χ4v) is 1.53. The summed E-state index contributed by atoms with van der Waals surface area (Å²) in [6.45, 7) is 5.95. The summed E-state index contributed by atoms with van der Waals surface area (Å²) in [4.78, 5) is 23.0. The van der Waals surface area contributed by atoms with E-state index in [2.05, 4.69) is 10.6 Å². The molecule has 1 rings (SSSR count). The summed E-state index contributed by atoms with van der Waals surface area (Å²) in [5, 5.41) is 5.09. The summed E-state index contributed by atoms with van der Waals surface area (Å²) in [6.07, 6.45) is -0.453. The third kappa shape index (κ3) is 6.25. The number of nitrogens with one attached hydrogen (secondary N) is 2. The van der Waals surface area contributed by atoms with E-state index in [0.717, 1.165) is 0 Å². The first kappa shape index (κ1) is 16.9. The Bertz CT molecular complexity index is 504. The molecule has 0 bridgehead atoms. The first-order valence-electron chi connectivity index (χ1n) is 6.85. The third-order valence-corrected chi connectivity index (χ3v) is 2.71. The summed E-state index contributed by atoms with van der Waals surface area (Å²) >= 11 is 0. The predicted molar refractivity (Wildman–Crippen MR) is 78.6 cm³/mol. The van der Waals surface area contributed by atoms with Gasteiger partial charge in [-0.25, -0.2) is 9.18 Å². The largest absolute Gasteiger partial charge is 0.449 e. The molecule has 21 heavy (non-hydrogen) atoms. The van der Waals surface area contributed by atoms with Crippen LogP contribution in [0.25, 0.3) is 0 Å². The third-order valence-electron chi connectivity index (χ3n) is 2.71. The lowest BCUT2D eigenvalue weighted by Gasteiger charge is -2.10. The maximum absolute atomic E-state index is 13.3. The van der Waals surface area contributed by atoms with Crippen LogP contribution >= 0.6 is 0 Å². The zero-order chi connectivity index (χ0) is 15.8. The van der Waals surface area contributed by atoms with Crippen LogP contribution in [0.3, 0.4) is 0 Å². The van der Waals surface area contributed by atoms with Crippen LogP contribution < -0.4 is 10.6 Å². The van der Waals surface area contributed by atoms with Crippen LogP contribution in [0.5, 0.6) is 0 Å². The maximum atomic E-state index is 13.3. The smallest absolute Gasteiger partial charge is 0.407 e. The van der Waals surface area contributed by atoms with Gasteiger partial charge >= 0.3 is 6.09 Å². The van der Waals surface area contributed by atoms with Crippen LogP contribution in [-0.4, -0.2) is 25.2 Å². The zero-order valence-electron chi connectivity index (χ0n) is 12.5. The number of amides is 2. The van der Waals surface area contributed by atoms with Crippen LogP contribution in [0, 0.1) is 18.7 Å². The highest BCUT2D eigenvalue weighted by molar-refractivity contribution is 5.91. The first-order chi connectivity index (χ1) is 9.90. The monoisotopic (exact) mass is 296 g/mol. The van der Waals surface area contributed by atoms with E-state index in [0.29, 0.717) is 17.9 Å². The van der Waals surface area contributed by atoms with Gasteiger partial charge in [0.05, 0.1) is 6.61 Å². The number of ether oxygens (including phenoxy) is 1. The molecule has 0 aliphatic rings. The van der Waals surface area contributed by atoms with Crippen molar-refractivity contribution in [2.45, 2.75) is 27.2 Å². The van der Waals surface area contributed by atoms with Crippen molar-refractivity contribution in [3.63, 3.8) is 0 Å². The van der Waals surface area contributed by atoms with Crippen molar-refractivity contribution in [3.8, 4) is 0 Å². The molecular weight excluding hydrogens is 275 g/mol. The lowest BCUT2D eigenvalue weighted by atomic mass is 10.2. The number of anilines is 1. The molecule has 0 aliphatic heterocycles. The average molecular weight is 296 g/mol. The number of carbonyl (C=O) groups excluding carboxylic acids is 2. The number of rotatable bonds is 6. The van der Waals surface area contributed by atoms with Crippen molar-refractivity contribution in [2.24, 2.45) is 5.92 Å². The zero-order valence-corrected chi connectivity index (χ0v) is 12.5. The van der Waals surface area contributed by atoms with Gasteiger partial charge < -0.3 is 15.4 Å². The van der Waals surface area contributed by atoms with Crippen molar-refractivity contribution in [1.29, 1.82) is 0 Å². The molecule has 2 N–H and O–H groups in total. The summed E-state index contributed by atoms with van der Waals surface area (Å²) in [6, 6.07) is 4.48. The molecule has 1 aromatic rings. The van der Waals surface area contributed by atoms with Crippen LogP contribution in [0.15, 0.2) is 18.2 Å². The summed E-state index contributed by atoms with van der Waals surface area (Å²) in [7, 11) is 0. The Kier molecular flexibility index (Phi) is 6.65. The molecule has 0 unspecified atom stereocenters. The fourth-order valence-electron chi connectivity index (χ4n) is 1.53. The van der Waals surface area contributed by atoms with Gasteiger partial charge in [0.15, 0.2) is 0 Å². The van der Waals surface area contributed by atoms with Gasteiger partial charge in [-0.05, 0) is 25.0 Å². The second-order valence-electron chi connectivity index (χ2n) is 5.13. The van der Waals surface area contributed by atoms with E-state index < -0.39 is 6.09 Å². The Morgan fingerprint density at radius 2 is 2.05 bits per heavy atom. The molecular formula is C15H21FN2O3. The molecule has 0 aliphatic carbocycles. The minimum absolute atomic E-state index is 0.0900. The molecule has 116 valence electrons. The Balaban J connectivity index is 2.31. The Labute approximate surface area is 123 Å². The van der Waals surface area contributed by atoms with Crippen LogP contribution in [-0.2, 0) is 9.53 Å². The normalized spacial score (nSPS) is 10.3. The molecule has 5 nitrogen and oxygen atoms in total. The summed E-state index contributed by atoms with van der Waals surface area (Å²) < 4.78 is 18.2. The minimum Gasteiger partial charge on any atom is -0.449 e. The van der Waals surface area contributed by atoms with Crippen molar-refractivity contribution in [3.05, 3.63) is 29.6 Å². The van der Waals surface area contributed by atoms with Gasteiger partial charge in [0.1, 0.15) is 5.82 Å². The number of carbonyl (C=O) groups is 2. The second kappa shape index (κ2) is 8.24. The summed E-state index contributed by atoms with van der Waals surface area (Å²) in [5.74, 6) is -0.411. The van der Waals surface area contributed by atoms with E-state index in [9.17, 15) is 14.0 Å². The van der Waals surface area contributed by atoms with Crippen LogP contribution in [0.4, 0.5) is 14.9 Å². The molecule has 2 amide bonds. The van der Waals surface area contributed by atoms with Crippen LogP contribution in [0.1, 0.15) is 25.8 Å². The van der Waals surface area contributed by atoms with E-state index in [1.165, 1.54) is 12.1 Å². The number of alkyl carbamates (subject to hydrolysis) is 1. The van der Waals surface area contributed by atoms with Gasteiger partial charge in [-0.1, -0.05) is 19.9 Å². The Hall–Kier alpha value is -2.11. The molecule has 0 spiro atoms. The maximum Gasteiger partial charge on any atom is 0.407 e. The predicted octanol–water partition coefficient (Wildman–Crippen LogP) is 2.84. The number of hydrogen-bond acceptors (Lipinski definition) is 3. The Morgan fingerprint density at radius 3 is 2.71 bits per heavy atom. The lowest BCUT2D eigenvalue weighted by Crippen LogP contribution is -2.29. The van der Waals surface area contributed by atoms with Crippen molar-refractivity contribution in [1.82, 2.24) is 5.32 Å². The molecule has 0 atom stereocenters. The first-order valence-corrected chi connectivity index (χ1v) is 6.85. The van der Waals surface area contributed by atoms with Gasteiger partial charge in [0.2, 0.25) is 5.91 Å². The van der Waals surface area contributed by atoms with Crippen molar-refractivity contribution >= 4 is 17.7 Å². The van der Waals surface area contributed by atoms with E-state index >= 15 is 0 Å². The Morgan fingerprint density at radius 1 is 1.33 bits per heavy atom. The molecule has 0 saturated carbocycles. The van der Waals surface area contributed by atoms with E-state index in [1.807, 2.05) is 13.8 Å². The average Bonchev–Trinajstić information content (AvgIpc) is 2.41. The topological polar surface area (TPSA) is 67.4 Å². The highest BCUT2D eigenvalue weighted by atomic mass is 19.1. The molecule has 6 heteroatoms. The standard InChI is InChI=1S/C15H21FN2O3/c1-10(2)9-21-15(20)17-8-7-14(19)18-13-6-4-5-12(16)11(13)3/h4-6,10H,7-9H2,1-3H3,(H,17,20)(H,18,19). The number of halogens is 1. The number of benzene rings is 1. The van der Waals surface area contributed by atoms with Crippen LogP contribution in [0.2, 0.25) is 0 Å². The van der Waals surface area contributed by atoms with E-state index in [4.69, 9.17) is 4.74 Å². The molecule has 0 saturated heterocycles. The second-order valence-corrected chi connectivity index (χ2v) is 5.13. The highest BCUT2D eigenvalue weighted by Crippen LogP contribution is 2.17. The fraction of sp³-hybridized carbons (Fsp3) is 0.467. The number of hydrogen-bond donors (Lipinski definition) is 2. The molecule has 0 aromatic heterocycles. The molecule has 1 aromatic carbocycles. The highest BCUT2D eigenvalue weighted by Gasteiger charge is 2.08. The van der Waals surface area contributed by atoms with Crippen molar-refractivity contribution < 1.29 is 18.7 Å². The van der Waals surface area contributed by atoms with Gasteiger partial charge in [-0.15, -0.1) is 0 Å². The van der Waals surface area contributed by atoms with Gasteiger partial charge in [0, 0.05) is 24.2 Å². The van der Waals surface area contributed by atoms with E-state index in [1.54, 1.807) is 13.0 Å². The SMILES string of the molecule is Cc1c(F)cccc1NC(=O)CCNC(=O)OCC(C)C. The molecule has 0 fully saturated rings. The molecule has 0 radical (unpaired) electrons. The van der Waals surface area contributed by atoms with Crippen molar-refractivity contribution in [2.75, 3.05) is 18.5 Å². The quantitative estimate of drug-likeness (QED) is 0.848. The van der Waals surface area contributed by atoms with Gasteiger partial charge in [-0.2, -0.15) is 0 Å². The lowest BCUT2D eigenvalue weighted by molar-refractivity contribution is -0.116. The minimum atomic E-state index is -0.543.